The van der Waals surface area contributed by atoms with E-state index in [2.05, 4.69) is 18.7 Å². The molecule has 20 heavy (non-hydrogen) atoms. The minimum Gasteiger partial charge on any atom is -0.338 e. The van der Waals surface area contributed by atoms with Crippen LogP contribution in [0.4, 0.5) is 0 Å². The Morgan fingerprint density at radius 3 is 2.60 bits per heavy atom. The molecule has 0 aromatic carbocycles. The molecule has 3 unspecified atom stereocenters. The standard InChI is InChI=1S/C16H32N2O.ClH/c1-4-6-9-14(5-2)12-16(19)18-11-8-7-10-15(18)13(3)17;/h13-15H,4-12,17H2,1-3H3;1H. The molecule has 3 nitrogen and oxygen atoms in total. The third-order valence-electron chi connectivity index (χ3n) is 4.48. The Balaban J connectivity index is 0.00000361. The molecule has 4 heteroatoms. The van der Waals surface area contributed by atoms with Crippen LogP contribution in [0.3, 0.4) is 0 Å². The first kappa shape index (κ1) is 19.7. The first-order valence-corrected chi connectivity index (χ1v) is 8.15. The van der Waals surface area contributed by atoms with Gasteiger partial charge in [0.05, 0.1) is 0 Å². The average Bonchev–Trinajstić information content (AvgIpc) is 2.43. The Kier molecular flexibility index (Phi) is 10.3. The van der Waals surface area contributed by atoms with Gasteiger partial charge in [0.25, 0.3) is 0 Å². The molecule has 0 bridgehead atoms. The highest BCUT2D eigenvalue weighted by atomic mass is 35.5. The zero-order chi connectivity index (χ0) is 14.3. The smallest absolute Gasteiger partial charge is 0.223 e. The van der Waals surface area contributed by atoms with E-state index in [0.717, 1.165) is 32.2 Å². The van der Waals surface area contributed by atoms with Crippen molar-refractivity contribution in [2.24, 2.45) is 11.7 Å². The maximum atomic E-state index is 12.5. The van der Waals surface area contributed by atoms with E-state index in [-0.39, 0.29) is 24.5 Å². The number of nitrogens with zero attached hydrogens (tertiary/aromatic N) is 1. The summed E-state index contributed by atoms with van der Waals surface area (Å²) >= 11 is 0. The van der Waals surface area contributed by atoms with Crippen molar-refractivity contribution in [2.75, 3.05) is 6.54 Å². The second-order valence-electron chi connectivity index (χ2n) is 6.13. The molecule has 1 aliphatic rings. The van der Waals surface area contributed by atoms with Crippen molar-refractivity contribution in [3.05, 3.63) is 0 Å². The Morgan fingerprint density at radius 1 is 1.35 bits per heavy atom. The number of nitrogens with two attached hydrogens (primary N) is 1. The summed E-state index contributed by atoms with van der Waals surface area (Å²) in [5.74, 6) is 0.896. The molecule has 1 rings (SSSR count). The van der Waals surface area contributed by atoms with Crippen molar-refractivity contribution in [2.45, 2.75) is 84.2 Å². The van der Waals surface area contributed by atoms with Gasteiger partial charge < -0.3 is 10.6 Å². The topological polar surface area (TPSA) is 46.3 Å². The maximum absolute atomic E-state index is 12.5. The van der Waals surface area contributed by atoms with Crippen LogP contribution in [0.1, 0.15) is 72.1 Å². The van der Waals surface area contributed by atoms with E-state index in [9.17, 15) is 4.79 Å². The highest BCUT2D eigenvalue weighted by Gasteiger charge is 2.29. The molecule has 0 aromatic rings. The third kappa shape index (κ3) is 6.01. The molecule has 1 saturated heterocycles. The molecule has 0 aliphatic carbocycles. The molecule has 1 aliphatic heterocycles. The van der Waals surface area contributed by atoms with Gasteiger partial charge in [-0.05, 0) is 38.5 Å². The molecule has 0 spiro atoms. The van der Waals surface area contributed by atoms with E-state index in [0.29, 0.717) is 11.8 Å². The van der Waals surface area contributed by atoms with Gasteiger partial charge in [-0.25, -0.2) is 0 Å². The first-order chi connectivity index (χ1) is 9.10. The lowest BCUT2D eigenvalue weighted by Crippen LogP contribution is -2.52. The van der Waals surface area contributed by atoms with Gasteiger partial charge in [-0.1, -0.05) is 33.1 Å². The minimum absolute atomic E-state index is 0. The fourth-order valence-electron chi connectivity index (χ4n) is 3.12. The van der Waals surface area contributed by atoms with Crippen molar-refractivity contribution in [1.29, 1.82) is 0 Å². The van der Waals surface area contributed by atoms with Crippen LogP contribution in [0.2, 0.25) is 0 Å². The van der Waals surface area contributed by atoms with Crippen LogP contribution in [0.25, 0.3) is 0 Å². The maximum Gasteiger partial charge on any atom is 0.223 e. The van der Waals surface area contributed by atoms with Gasteiger partial charge in [0, 0.05) is 25.0 Å². The summed E-state index contributed by atoms with van der Waals surface area (Å²) in [6.45, 7) is 7.36. The number of amides is 1. The number of hydrogen-bond donors (Lipinski definition) is 1. The average molecular weight is 305 g/mol. The van der Waals surface area contributed by atoms with Crippen molar-refractivity contribution in [3.63, 3.8) is 0 Å². The summed E-state index contributed by atoms with van der Waals surface area (Å²) in [7, 11) is 0. The summed E-state index contributed by atoms with van der Waals surface area (Å²) in [6.07, 6.45) is 8.91. The van der Waals surface area contributed by atoms with E-state index in [1.54, 1.807) is 0 Å². The largest absolute Gasteiger partial charge is 0.338 e. The molecule has 3 atom stereocenters. The summed E-state index contributed by atoms with van der Waals surface area (Å²) in [6, 6.07) is 0.366. The minimum atomic E-state index is 0. The first-order valence-electron chi connectivity index (χ1n) is 8.15. The van der Waals surface area contributed by atoms with Crippen molar-refractivity contribution < 1.29 is 4.79 Å². The SMILES string of the molecule is CCCCC(CC)CC(=O)N1CCCCC1C(C)N.Cl. The molecule has 1 amide bonds. The summed E-state index contributed by atoms with van der Waals surface area (Å²) in [5.41, 5.74) is 6.04. The number of carbonyl (C=O) groups excluding carboxylic acids is 1. The molecular weight excluding hydrogens is 272 g/mol. The highest BCUT2D eigenvalue weighted by Crippen LogP contribution is 2.23. The Hall–Kier alpha value is -0.280. The highest BCUT2D eigenvalue weighted by molar-refractivity contribution is 5.85. The van der Waals surface area contributed by atoms with E-state index < -0.39 is 0 Å². The van der Waals surface area contributed by atoms with Gasteiger partial charge in [-0.15, -0.1) is 12.4 Å². The molecule has 120 valence electrons. The number of piperidine rings is 1. The van der Waals surface area contributed by atoms with Crippen LogP contribution < -0.4 is 5.73 Å². The molecule has 0 saturated carbocycles. The predicted octanol–water partition coefficient (Wildman–Crippen LogP) is 3.74. The Bertz CT molecular complexity index is 271. The lowest BCUT2D eigenvalue weighted by Gasteiger charge is -2.38. The normalized spacial score (nSPS) is 22.0. The van der Waals surface area contributed by atoms with E-state index in [1.165, 1.54) is 25.7 Å². The zero-order valence-corrected chi connectivity index (χ0v) is 14.3. The fourth-order valence-corrected chi connectivity index (χ4v) is 3.12. The zero-order valence-electron chi connectivity index (χ0n) is 13.4. The lowest BCUT2D eigenvalue weighted by atomic mass is 9.92. The van der Waals surface area contributed by atoms with Crippen molar-refractivity contribution in [3.8, 4) is 0 Å². The van der Waals surface area contributed by atoms with Crippen LogP contribution in [-0.2, 0) is 4.79 Å². The molecule has 0 radical (unpaired) electrons. The van der Waals surface area contributed by atoms with Crippen molar-refractivity contribution >= 4 is 18.3 Å². The molecule has 1 fully saturated rings. The Morgan fingerprint density at radius 2 is 2.05 bits per heavy atom. The quantitative estimate of drug-likeness (QED) is 0.778. The number of unbranched alkanes of at least 4 members (excludes halogenated alkanes) is 1. The Labute approximate surface area is 131 Å². The molecule has 0 aromatic heterocycles. The summed E-state index contributed by atoms with van der Waals surface area (Å²) in [4.78, 5) is 14.6. The number of rotatable bonds is 7. The third-order valence-corrected chi connectivity index (χ3v) is 4.48. The second-order valence-corrected chi connectivity index (χ2v) is 6.13. The van der Waals surface area contributed by atoms with Crippen LogP contribution in [0.5, 0.6) is 0 Å². The molecule has 2 N–H and O–H groups in total. The van der Waals surface area contributed by atoms with Gasteiger partial charge in [0.15, 0.2) is 0 Å². The van der Waals surface area contributed by atoms with E-state index in [1.807, 2.05) is 6.92 Å². The summed E-state index contributed by atoms with van der Waals surface area (Å²) < 4.78 is 0. The van der Waals surface area contributed by atoms with Gasteiger partial charge in [-0.2, -0.15) is 0 Å². The van der Waals surface area contributed by atoms with Gasteiger partial charge in [0.2, 0.25) is 5.91 Å². The molecule has 1 heterocycles. The van der Waals surface area contributed by atoms with E-state index in [4.69, 9.17) is 5.73 Å². The van der Waals surface area contributed by atoms with Gasteiger partial charge >= 0.3 is 0 Å². The van der Waals surface area contributed by atoms with Crippen LogP contribution in [0.15, 0.2) is 0 Å². The number of likely N-dealkylation sites (tertiary alicyclic amines) is 1. The van der Waals surface area contributed by atoms with Crippen LogP contribution >= 0.6 is 12.4 Å². The number of hydrogen-bond acceptors (Lipinski definition) is 2. The monoisotopic (exact) mass is 304 g/mol. The lowest BCUT2D eigenvalue weighted by molar-refractivity contribution is -0.136. The number of carbonyl (C=O) groups is 1. The summed E-state index contributed by atoms with van der Waals surface area (Å²) in [5, 5.41) is 0. The van der Waals surface area contributed by atoms with E-state index >= 15 is 0 Å². The van der Waals surface area contributed by atoms with Crippen LogP contribution in [-0.4, -0.2) is 29.4 Å². The van der Waals surface area contributed by atoms with Gasteiger partial charge in [0.1, 0.15) is 0 Å². The van der Waals surface area contributed by atoms with Gasteiger partial charge in [-0.3, -0.25) is 4.79 Å². The second kappa shape index (κ2) is 10.4. The van der Waals surface area contributed by atoms with Crippen molar-refractivity contribution in [1.82, 2.24) is 4.90 Å². The van der Waals surface area contributed by atoms with Crippen LogP contribution in [0, 0.1) is 5.92 Å². The predicted molar refractivity (Wildman–Crippen MR) is 88.2 cm³/mol. The number of halogens is 1. The molecular formula is C16H33ClN2O. The fraction of sp³-hybridized carbons (Fsp3) is 0.938.